The molecule has 7 heteroatoms. The van der Waals surface area contributed by atoms with Crippen molar-refractivity contribution in [2.24, 2.45) is 5.92 Å². The number of nitrogens with zero attached hydrogens (tertiary/aromatic N) is 2. The average Bonchev–Trinajstić information content (AvgIpc) is 3.06. The molecule has 1 aliphatic rings. The molecule has 1 amide bonds. The second-order valence-corrected chi connectivity index (χ2v) is 9.52. The van der Waals surface area contributed by atoms with E-state index in [0.717, 1.165) is 27.1 Å². The lowest BCUT2D eigenvalue weighted by Crippen LogP contribution is -2.44. The molecule has 1 fully saturated rings. The van der Waals surface area contributed by atoms with Crippen LogP contribution in [0.15, 0.2) is 28.6 Å². The molecule has 0 unspecified atom stereocenters. The number of carbonyl (C=O) groups is 1. The molecule has 3 rings (SSSR count). The van der Waals surface area contributed by atoms with Crippen molar-refractivity contribution >= 4 is 39.8 Å². The van der Waals surface area contributed by atoms with E-state index in [1.54, 1.807) is 0 Å². The highest BCUT2D eigenvalue weighted by Gasteiger charge is 2.25. The number of nitrogens with one attached hydrogen (secondary N) is 2. The minimum Gasteiger partial charge on any atom is -0.352 e. The summed E-state index contributed by atoms with van der Waals surface area (Å²) < 4.78 is 0.806. The number of amides is 1. The summed E-state index contributed by atoms with van der Waals surface area (Å²) in [7, 11) is 0. The first kappa shape index (κ1) is 19.2. The lowest BCUT2D eigenvalue weighted by Gasteiger charge is -2.30. The van der Waals surface area contributed by atoms with Crippen molar-refractivity contribution in [3.63, 3.8) is 0 Å². The maximum Gasteiger partial charge on any atom is 0.233 e. The quantitative estimate of drug-likeness (QED) is 0.696. The molecule has 3 atom stereocenters. The van der Waals surface area contributed by atoms with Gasteiger partial charge in [0.2, 0.25) is 11.0 Å². The summed E-state index contributed by atoms with van der Waals surface area (Å²) in [6.45, 7) is 6.22. The third-order valence-corrected chi connectivity index (χ3v) is 6.90. The monoisotopic (exact) mass is 390 g/mol. The zero-order valence-electron chi connectivity index (χ0n) is 15.5. The first-order valence-corrected chi connectivity index (χ1v) is 10.9. The number of aromatic nitrogens is 2. The van der Waals surface area contributed by atoms with Crippen molar-refractivity contribution in [3.8, 4) is 0 Å². The SMILES string of the molecule is Cc1ccccc1Nc1nnc(S[C@@H](C)C(=O)N[C@@H]2CCCC[C@@H]2C)s1. The molecule has 1 saturated carbocycles. The van der Waals surface area contributed by atoms with Crippen LogP contribution < -0.4 is 10.6 Å². The number of benzene rings is 1. The fourth-order valence-electron chi connectivity index (χ4n) is 3.17. The number of rotatable bonds is 6. The minimum atomic E-state index is -0.177. The normalized spacial score (nSPS) is 21.2. The van der Waals surface area contributed by atoms with E-state index in [0.29, 0.717) is 12.0 Å². The number of para-hydroxylation sites is 1. The van der Waals surface area contributed by atoms with E-state index in [9.17, 15) is 4.79 Å². The number of carbonyl (C=O) groups excluding carboxylic acids is 1. The van der Waals surface area contributed by atoms with Crippen molar-refractivity contribution in [2.45, 2.75) is 62.1 Å². The molecular weight excluding hydrogens is 364 g/mol. The Morgan fingerprint density at radius 1 is 1.27 bits per heavy atom. The molecule has 0 bridgehead atoms. The van der Waals surface area contributed by atoms with E-state index >= 15 is 0 Å². The third-order valence-electron chi connectivity index (χ3n) is 4.88. The first-order valence-electron chi connectivity index (χ1n) is 9.16. The second-order valence-electron chi connectivity index (χ2n) is 6.95. The highest BCUT2D eigenvalue weighted by molar-refractivity contribution is 8.02. The summed E-state index contributed by atoms with van der Waals surface area (Å²) in [5.74, 6) is 0.661. The fourth-order valence-corrected chi connectivity index (χ4v) is 5.09. The molecule has 2 N–H and O–H groups in total. The van der Waals surface area contributed by atoms with Crippen LogP contribution in [0.4, 0.5) is 10.8 Å². The Hall–Kier alpha value is -1.60. The molecule has 1 aromatic heterocycles. The maximum atomic E-state index is 12.5. The highest BCUT2D eigenvalue weighted by Crippen LogP contribution is 2.31. The van der Waals surface area contributed by atoms with Gasteiger partial charge in [-0.2, -0.15) is 0 Å². The van der Waals surface area contributed by atoms with Gasteiger partial charge in [-0.3, -0.25) is 4.79 Å². The maximum absolute atomic E-state index is 12.5. The number of anilines is 2. The molecule has 0 aliphatic heterocycles. The van der Waals surface area contributed by atoms with Crippen LogP contribution in [0.3, 0.4) is 0 Å². The first-order chi connectivity index (χ1) is 12.5. The summed E-state index contributed by atoms with van der Waals surface area (Å²) in [6.07, 6.45) is 4.78. The van der Waals surface area contributed by atoms with Gasteiger partial charge >= 0.3 is 0 Å². The summed E-state index contributed by atoms with van der Waals surface area (Å²) in [5.41, 5.74) is 2.18. The number of hydrogen-bond acceptors (Lipinski definition) is 6. The van der Waals surface area contributed by atoms with Crippen molar-refractivity contribution in [1.29, 1.82) is 0 Å². The minimum absolute atomic E-state index is 0.0948. The van der Waals surface area contributed by atoms with Crippen molar-refractivity contribution < 1.29 is 4.79 Å². The van der Waals surface area contributed by atoms with E-state index in [1.165, 1.54) is 42.4 Å². The Morgan fingerprint density at radius 3 is 2.81 bits per heavy atom. The van der Waals surface area contributed by atoms with Gasteiger partial charge in [0, 0.05) is 11.7 Å². The molecule has 26 heavy (non-hydrogen) atoms. The molecule has 5 nitrogen and oxygen atoms in total. The van der Waals surface area contributed by atoms with Crippen molar-refractivity contribution in [1.82, 2.24) is 15.5 Å². The Bertz CT molecular complexity index is 749. The summed E-state index contributed by atoms with van der Waals surface area (Å²) in [5, 5.41) is 15.5. The average molecular weight is 391 g/mol. The van der Waals surface area contributed by atoms with Crippen LogP contribution >= 0.6 is 23.1 Å². The van der Waals surface area contributed by atoms with Crippen molar-refractivity contribution in [3.05, 3.63) is 29.8 Å². The zero-order valence-corrected chi connectivity index (χ0v) is 17.1. The molecule has 140 valence electrons. The molecular formula is C19H26N4OS2. The van der Waals surface area contributed by atoms with Crippen LogP contribution in [0.5, 0.6) is 0 Å². The number of hydrogen-bond donors (Lipinski definition) is 2. The molecule has 0 spiro atoms. The van der Waals surface area contributed by atoms with Gasteiger partial charge in [-0.15, -0.1) is 10.2 Å². The van der Waals surface area contributed by atoms with Gasteiger partial charge in [0.25, 0.3) is 0 Å². The molecule has 0 saturated heterocycles. The summed E-state index contributed by atoms with van der Waals surface area (Å²) >= 11 is 2.95. The predicted molar refractivity (Wildman–Crippen MR) is 109 cm³/mol. The molecule has 1 heterocycles. The lowest BCUT2D eigenvalue weighted by atomic mass is 9.86. The van der Waals surface area contributed by atoms with Crippen LogP contribution in [0.2, 0.25) is 0 Å². The Kier molecular flexibility index (Phi) is 6.53. The van der Waals surface area contributed by atoms with E-state index < -0.39 is 0 Å². The molecule has 1 aliphatic carbocycles. The second kappa shape index (κ2) is 8.86. The van der Waals surface area contributed by atoms with Crippen LogP contribution in [0, 0.1) is 12.8 Å². The van der Waals surface area contributed by atoms with Crippen LogP contribution in [-0.4, -0.2) is 27.4 Å². The van der Waals surface area contributed by atoms with E-state index in [-0.39, 0.29) is 11.2 Å². The van der Waals surface area contributed by atoms with E-state index in [4.69, 9.17) is 0 Å². The van der Waals surface area contributed by atoms with Crippen LogP contribution in [-0.2, 0) is 4.79 Å². The zero-order chi connectivity index (χ0) is 18.5. The molecule has 1 aromatic carbocycles. The Morgan fingerprint density at radius 2 is 2.04 bits per heavy atom. The van der Waals surface area contributed by atoms with Gasteiger partial charge in [0.05, 0.1) is 5.25 Å². The third kappa shape index (κ3) is 4.98. The largest absolute Gasteiger partial charge is 0.352 e. The number of aryl methyl sites for hydroxylation is 1. The van der Waals surface area contributed by atoms with Gasteiger partial charge in [-0.1, -0.05) is 61.1 Å². The predicted octanol–water partition coefficient (Wildman–Crippen LogP) is 4.77. The van der Waals surface area contributed by atoms with Gasteiger partial charge in [0.15, 0.2) is 4.34 Å². The summed E-state index contributed by atoms with van der Waals surface area (Å²) in [4.78, 5) is 12.5. The van der Waals surface area contributed by atoms with E-state index in [2.05, 4.69) is 40.7 Å². The van der Waals surface area contributed by atoms with Crippen molar-refractivity contribution in [2.75, 3.05) is 5.32 Å². The van der Waals surface area contributed by atoms with Gasteiger partial charge in [0.1, 0.15) is 0 Å². The molecule has 0 radical (unpaired) electrons. The van der Waals surface area contributed by atoms with Gasteiger partial charge in [-0.05, 0) is 44.2 Å². The Labute approximate surface area is 163 Å². The van der Waals surface area contributed by atoms with E-state index in [1.807, 2.05) is 25.1 Å². The van der Waals surface area contributed by atoms with Crippen LogP contribution in [0.25, 0.3) is 0 Å². The molecule has 2 aromatic rings. The van der Waals surface area contributed by atoms with Gasteiger partial charge < -0.3 is 10.6 Å². The fraction of sp³-hybridized carbons (Fsp3) is 0.526. The smallest absolute Gasteiger partial charge is 0.233 e. The number of thioether (sulfide) groups is 1. The standard InChI is InChI=1S/C19H26N4OS2/c1-12-8-4-6-10-15(12)20-17(24)14(3)25-19-23-22-18(26-19)21-16-11-7-5-9-13(16)2/h5,7,9,11-12,14-15H,4,6,8,10H2,1-3H3,(H,20,24)(H,21,22)/t12-,14-,15+/m0/s1. The Balaban J connectivity index is 1.54. The van der Waals surface area contributed by atoms with Crippen LogP contribution in [0.1, 0.15) is 45.1 Å². The van der Waals surface area contributed by atoms with Gasteiger partial charge in [-0.25, -0.2) is 0 Å². The summed E-state index contributed by atoms with van der Waals surface area (Å²) in [6, 6.07) is 8.38. The highest BCUT2D eigenvalue weighted by atomic mass is 32.2. The topological polar surface area (TPSA) is 66.9 Å². The lowest BCUT2D eigenvalue weighted by molar-refractivity contribution is -0.121.